The van der Waals surface area contributed by atoms with Gasteiger partial charge in [0.15, 0.2) is 0 Å². The van der Waals surface area contributed by atoms with Crippen LogP contribution in [0.3, 0.4) is 0 Å². The Labute approximate surface area is 180 Å². The molecule has 0 radical (unpaired) electrons. The van der Waals surface area contributed by atoms with E-state index in [1.165, 1.54) is 21.6 Å². The van der Waals surface area contributed by atoms with Crippen molar-refractivity contribution < 1.29 is 9.59 Å². The molecule has 4 heteroatoms. The molecule has 1 aliphatic carbocycles. The molecular weight excluding hydrogens is 394 g/mol. The van der Waals surface area contributed by atoms with Gasteiger partial charge in [-0.15, -0.1) is 0 Å². The van der Waals surface area contributed by atoms with E-state index in [4.69, 9.17) is 11.6 Å². The number of carbonyl (C=O) groups excluding carboxylic acids is 2. The third kappa shape index (κ3) is 3.16. The minimum Gasteiger partial charge on any atom is -0.274 e. The van der Waals surface area contributed by atoms with Crippen LogP contribution in [0.5, 0.6) is 0 Å². The molecule has 2 aliphatic rings. The Morgan fingerprint density at radius 3 is 2.13 bits per heavy atom. The summed E-state index contributed by atoms with van der Waals surface area (Å²) in [5, 5.41) is 0.715. The number of fused-ring (bicyclic) bond motifs is 3. The van der Waals surface area contributed by atoms with Crippen molar-refractivity contribution in [2.24, 2.45) is 0 Å². The van der Waals surface area contributed by atoms with Crippen molar-refractivity contribution >= 4 is 35.6 Å². The van der Waals surface area contributed by atoms with Crippen LogP contribution in [0.1, 0.15) is 61.7 Å². The van der Waals surface area contributed by atoms with Gasteiger partial charge in [0.05, 0.1) is 11.1 Å². The Hall–Kier alpha value is -3.17. The summed E-state index contributed by atoms with van der Waals surface area (Å²) in [6, 6.07) is 21.4. The average Bonchev–Trinajstić information content (AvgIpc) is 2.91. The molecule has 2 amide bonds. The van der Waals surface area contributed by atoms with E-state index in [0.717, 1.165) is 18.4 Å². The molecule has 1 atom stereocenters. The van der Waals surface area contributed by atoms with Crippen molar-refractivity contribution in [3.63, 3.8) is 0 Å². The summed E-state index contributed by atoms with van der Waals surface area (Å²) in [7, 11) is 0. The van der Waals surface area contributed by atoms with Crippen LogP contribution in [-0.4, -0.2) is 23.3 Å². The van der Waals surface area contributed by atoms with E-state index >= 15 is 0 Å². The molecule has 1 unspecified atom stereocenters. The fourth-order valence-electron chi connectivity index (χ4n) is 4.53. The molecule has 5 rings (SSSR count). The minimum absolute atomic E-state index is 0.153. The normalized spacial score (nSPS) is 16.8. The highest BCUT2D eigenvalue weighted by Crippen LogP contribution is 2.38. The number of amides is 2. The molecule has 0 N–H and O–H groups in total. The number of halogens is 1. The van der Waals surface area contributed by atoms with E-state index in [0.29, 0.717) is 22.7 Å². The predicted octanol–water partition coefficient (Wildman–Crippen LogP) is 6.03. The van der Waals surface area contributed by atoms with Crippen LogP contribution in [0, 0.1) is 0 Å². The molecule has 0 fully saturated rings. The first kappa shape index (κ1) is 18.8. The quantitative estimate of drug-likeness (QED) is 0.489. The van der Waals surface area contributed by atoms with Gasteiger partial charge in [0.1, 0.15) is 0 Å². The molecule has 0 saturated carbocycles. The highest BCUT2D eigenvalue weighted by atomic mass is 35.5. The molecule has 30 heavy (non-hydrogen) atoms. The molecule has 3 nitrogen and oxygen atoms in total. The van der Waals surface area contributed by atoms with E-state index in [1.54, 1.807) is 24.3 Å². The first-order valence-electron chi connectivity index (χ1n) is 10.1. The number of nitrogens with zero attached hydrogens (tertiary/aromatic N) is 1. The van der Waals surface area contributed by atoms with Gasteiger partial charge in [-0.1, -0.05) is 66.2 Å². The maximum absolute atomic E-state index is 12.7. The van der Waals surface area contributed by atoms with Gasteiger partial charge >= 0.3 is 0 Å². The van der Waals surface area contributed by atoms with Crippen LogP contribution in [0.2, 0.25) is 5.02 Å². The van der Waals surface area contributed by atoms with Gasteiger partial charge < -0.3 is 0 Å². The third-order valence-electron chi connectivity index (χ3n) is 5.99. The summed E-state index contributed by atoms with van der Waals surface area (Å²) in [5.41, 5.74) is 5.78. The van der Waals surface area contributed by atoms with Crippen LogP contribution in [0.4, 0.5) is 0 Å². The Bertz CT molecular complexity index is 1160. The minimum atomic E-state index is -0.193. The first-order valence-corrected chi connectivity index (χ1v) is 10.5. The third-order valence-corrected chi connectivity index (χ3v) is 6.23. The molecule has 3 aromatic rings. The van der Waals surface area contributed by atoms with Crippen LogP contribution in [0.25, 0.3) is 12.2 Å². The summed E-state index contributed by atoms with van der Waals surface area (Å²) >= 11 is 6.33. The van der Waals surface area contributed by atoms with Crippen molar-refractivity contribution in [3.05, 3.63) is 105 Å². The van der Waals surface area contributed by atoms with Gasteiger partial charge in [-0.05, 0) is 59.4 Å². The van der Waals surface area contributed by atoms with E-state index in [9.17, 15) is 9.59 Å². The number of hydrogen-bond donors (Lipinski definition) is 0. The van der Waals surface area contributed by atoms with Gasteiger partial charge in [-0.25, -0.2) is 0 Å². The van der Waals surface area contributed by atoms with Gasteiger partial charge in [0.25, 0.3) is 11.8 Å². The van der Waals surface area contributed by atoms with Crippen LogP contribution in [-0.2, 0) is 0 Å². The standard InChI is InChI=1S/C26H20ClNO2/c27-19-14-13-18-12-11-17-6-1-2-7-20(17)21(24(18)16-19)10-5-15-28-25(29)22-8-3-4-9-23(22)26(28)30/h1-4,6-9,11-14,16,21H,5,10,15H2. The van der Waals surface area contributed by atoms with E-state index < -0.39 is 0 Å². The highest BCUT2D eigenvalue weighted by molar-refractivity contribution is 6.30. The van der Waals surface area contributed by atoms with Crippen LogP contribution < -0.4 is 0 Å². The van der Waals surface area contributed by atoms with Gasteiger partial charge in [0, 0.05) is 17.5 Å². The maximum atomic E-state index is 12.7. The molecule has 0 aromatic heterocycles. The largest absolute Gasteiger partial charge is 0.274 e. The molecule has 0 spiro atoms. The SMILES string of the molecule is O=C1c2ccccc2C(=O)N1CCCC1c2ccccc2C=Cc2ccc(Cl)cc21. The lowest BCUT2D eigenvalue weighted by Gasteiger charge is -2.22. The second-order valence-electron chi connectivity index (χ2n) is 7.74. The molecule has 148 valence electrons. The van der Waals surface area contributed by atoms with Gasteiger partial charge in [-0.3, -0.25) is 14.5 Å². The first-order chi connectivity index (χ1) is 14.6. The summed E-state index contributed by atoms with van der Waals surface area (Å²) in [5.74, 6) is -0.232. The summed E-state index contributed by atoms with van der Waals surface area (Å²) in [6.07, 6.45) is 5.82. The smallest absolute Gasteiger partial charge is 0.261 e. The molecule has 1 aliphatic heterocycles. The lowest BCUT2D eigenvalue weighted by atomic mass is 9.84. The fraction of sp³-hybridized carbons (Fsp3) is 0.154. The van der Waals surface area contributed by atoms with Crippen molar-refractivity contribution in [1.29, 1.82) is 0 Å². The zero-order chi connectivity index (χ0) is 20.7. The van der Waals surface area contributed by atoms with Gasteiger partial charge in [-0.2, -0.15) is 0 Å². The zero-order valence-electron chi connectivity index (χ0n) is 16.3. The summed E-state index contributed by atoms with van der Waals surface area (Å²) in [4.78, 5) is 26.7. The average molecular weight is 414 g/mol. The Balaban J connectivity index is 1.40. The Morgan fingerprint density at radius 2 is 1.40 bits per heavy atom. The molecular formula is C26H20ClNO2. The van der Waals surface area contributed by atoms with Crippen LogP contribution in [0.15, 0.2) is 66.7 Å². The van der Waals surface area contributed by atoms with Crippen molar-refractivity contribution in [3.8, 4) is 0 Å². The van der Waals surface area contributed by atoms with Gasteiger partial charge in [0.2, 0.25) is 0 Å². The highest BCUT2D eigenvalue weighted by Gasteiger charge is 2.34. The second-order valence-corrected chi connectivity index (χ2v) is 8.17. The lowest BCUT2D eigenvalue weighted by molar-refractivity contribution is 0.0651. The van der Waals surface area contributed by atoms with Crippen molar-refractivity contribution in [2.75, 3.05) is 6.54 Å². The topological polar surface area (TPSA) is 37.4 Å². The van der Waals surface area contributed by atoms with E-state index in [2.05, 4.69) is 36.4 Å². The molecule has 0 saturated heterocycles. The van der Waals surface area contributed by atoms with Crippen molar-refractivity contribution in [1.82, 2.24) is 4.90 Å². The van der Waals surface area contributed by atoms with Crippen LogP contribution >= 0.6 is 11.6 Å². The van der Waals surface area contributed by atoms with E-state index in [-0.39, 0.29) is 17.7 Å². The van der Waals surface area contributed by atoms with Crippen molar-refractivity contribution in [2.45, 2.75) is 18.8 Å². The summed E-state index contributed by atoms with van der Waals surface area (Å²) in [6.45, 7) is 0.411. The maximum Gasteiger partial charge on any atom is 0.261 e. The molecule has 0 bridgehead atoms. The summed E-state index contributed by atoms with van der Waals surface area (Å²) < 4.78 is 0. The number of imide groups is 1. The second kappa shape index (κ2) is 7.58. The number of rotatable bonds is 4. The zero-order valence-corrected chi connectivity index (χ0v) is 17.1. The monoisotopic (exact) mass is 413 g/mol. The number of carbonyl (C=O) groups is 2. The molecule has 3 aromatic carbocycles. The number of hydrogen-bond acceptors (Lipinski definition) is 2. The fourth-order valence-corrected chi connectivity index (χ4v) is 4.71. The Morgan fingerprint density at radius 1 is 0.767 bits per heavy atom. The predicted molar refractivity (Wildman–Crippen MR) is 120 cm³/mol. The lowest BCUT2D eigenvalue weighted by Crippen LogP contribution is -2.31. The Kier molecular flexibility index (Phi) is 4.76. The number of benzene rings is 3. The van der Waals surface area contributed by atoms with E-state index in [1.807, 2.05) is 18.2 Å². The molecule has 1 heterocycles.